The van der Waals surface area contributed by atoms with Gasteiger partial charge in [-0.15, -0.1) is 0 Å². The van der Waals surface area contributed by atoms with E-state index in [0.29, 0.717) is 34.5 Å². The first kappa shape index (κ1) is 24.8. The molecule has 2 heterocycles. The first-order chi connectivity index (χ1) is 17.9. The van der Waals surface area contributed by atoms with Crippen LogP contribution < -0.4 is 19.7 Å². The maximum Gasteiger partial charge on any atom is 0.252 e. The summed E-state index contributed by atoms with van der Waals surface area (Å²) in [4.78, 5) is 33.5. The molecule has 0 radical (unpaired) electrons. The first-order valence-electron chi connectivity index (χ1n) is 12.3. The van der Waals surface area contributed by atoms with Gasteiger partial charge < -0.3 is 19.7 Å². The summed E-state index contributed by atoms with van der Waals surface area (Å²) in [6.45, 7) is 4.40. The smallest absolute Gasteiger partial charge is 0.252 e. The molecule has 0 saturated carbocycles. The zero-order chi connectivity index (χ0) is 25.9. The lowest BCUT2D eigenvalue weighted by Gasteiger charge is -2.26. The molecule has 0 spiro atoms. The van der Waals surface area contributed by atoms with Gasteiger partial charge in [0.15, 0.2) is 11.5 Å². The number of amides is 2. The number of aliphatic imine (C=N–C) groups is 1. The summed E-state index contributed by atoms with van der Waals surface area (Å²) in [7, 11) is 0. The van der Waals surface area contributed by atoms with Crippen LogP contribution in [-0.2, 0) is 16.1 Å². The Morgan fingerprint density at radius 3 is 2.68 bits per heavy atom. The Morgan fingerprint density at radius 1 is 1.11 bits per heavy atom. The van der Waals surface area contributed by atoms with Gasteiger partial charge in [-0.05, 0) is 41.8 Å². The van der Waals surface area contributed by atoms with Gasteiger partial charge in [-0.1, -0.05) is 68.3 Å². The largest absolute Gasteiger partial charge is 0.454 e. The van der Waals surface area contributed by atoms with Crippen molar-refractivity contribution in [3.63, 3.8) is 0 Å². The number of ether oxygens (including phenoxy) is 2. The lowest BCUT2D eigenvalue weighted by atomic mass is 9.98. The van der Waals surface area contributed by atoms with Crippen LogP contribution in [-0.4, -0.2) is 36.9 Å². The second kappa shape index (κ2) is 10.6. The number of carbonyl (C=O) groups is 2. The molecule has 0 aromatic heterocycles. The average molecular weight is 518 g/mol. The Balaban J connectivity index is 1.45. The van der Waals surface area contributed by atoms with Crippen molar-refractivity contribution in [3.8, 4) is 11.5 Å². The van der Waals surface area contributed by atoms with E-state index < -0.39 is 6.04 Å². The highest BCUT2D eigenvalue weighted by molar-refractivity contribution is 6.32. The van der Waals surface area contributed by atoms with E-state index >= 15 is 0 Å². The minimum absolute atomic E-state index is 0.0183. The van der Waals surface area contributed by atoms with Crippen LogP contribution in [0.15, 0.2) is 71.7 Å². The molecule has 2 amide bonds. The van der Waals surface area contributed by atoms with Crippen molar-refractivity contribution in [1.82, 2.24) is 5.32 Å². The van der Waals surface area contributed by atoms with Gasteiger partial charge in [-0.2, -0.15) is 0 Å². The third-order valence-corrected chi connectivity index (χ3v) is 6.99. The number of carbonyl (C=O) groups excluding carboxylic acids is 2. The Labute approximate surface area is 221 Å². The monoisotopic (exact) mass is 517 g/mol. The van der Waals surface area contributed by atoms with Gasteiger partial charge in [0.2, 0.25) is 12.7 Å². The van der Waals surface area contributed by atoms with Gasteiger partial charge in [0, 0.05) is 22.7 Å². The summed E-state index contributed by atoms with van der Waals surface area (Å²) in [6.07, 6.45) is 0.767. The summed E-state index contributed by atoms with van der Waals surface area (Å²) in [5.41, 5.74) is 3.79. The fraction of sp³-hybridized carbons (Fsp3) is 0.276. The molecule has 3 aromatic rings. The molecule has 2 aliphatic rings. The molecule has 0 aliphatic carbocycles. The van der Waals surface area contributed by atoms with Crippen LogP contribution in [0.4, 0.5) is 5.69 Å². The normalized spacial score (nSPS) is 17.1. The Morgan fingerprint density at radius 2 is 1.89 bits per heavy atom. The topological polar surface area (TPSA) is 80.2 Å². The van der Waals surface area contributed by atoms with Crippen LogP contribution in [0.3, 0.4) is 0 Å². The van der Waals surface area contributed by atoms with Crippen LogP contribution in [0, 0.1) is 5.92 Å². The summed E-state index contributed by atoms with van der Waals surface area (Å²) >= 11 is 6.40. The molecule has 1 N–H and O–H groups in total. The van der Waals surface area contributed by atoms with Crippen molar-refractivity contribution in [2.24, 2.45) is 10.9 Å². The standard InChI is InChI=1S/C29H28ClN3O4/c1-3-18(2)27-29(35)33(16-26(34)31-15-19-9-12-24-25(13-19)37-17-36-24)23-11-10-21(30)14-22(23)28(32-27)20-7-5-4-6-8-20/h4-14,18,27H,3,15-17H2,1-2H3,(H,31,34). The summed E-state index contributed by atoms with van der Waals surface area (Å²) < 4.78 is 10.8. The molecule has 2 aliphatic heterocycles. The number of halogens is 1. The number of benzodiazepines with no additional fused rings is 1. The van der Waals surface area contributed by atoms with Crippen molar-refractivity contribution in [2.75, 3.05) is 18.2 Å². The van der Waals surface area contributed by atoms with E-state index in [2.05, 4.69) is 5.32 Å². The number of nitrogens with zero attached hydrogens (tertiary/aromatic N) is 2. The molecule has 37 heavy (non-hydrogen) atoms. The quantitative estimate of drug-likeness (QED) is 0.479. The summed E-state index contributed by atoms with van der Waals surface area (Å²) in [6, 6.07) is 20.0. The molecule has 0 bridgehead atoms. The minimum Gasteiger partial charge on any atom is -0.454 e. The fourth-order valence-electron chi connectivity index (χ4n) is 4.51. The van der Waals surface area contributed by atoms with Gasteiger partial charge in [0.05, 0.1) is 11.4 Å². The van der Waals surface area contributed by atoms with E-state index in [-0.39, 0.29) is 31.1 Å². The van der Waals surface area contributed by atoms with Crippen molar-refractivity contribution in [2.45, 2.75) is 32.9 Å². The van der Waals surface area contributed by atoms with Crippen molar-refractivity contribution in [1.29, 1.82) is 0 Å². The number of hydrogen-bond acceptors (Lipinski definition) is 5. The molecule has 0 saturated heterocycles. The molecule has 5 rings (SSSR count). The third kappa shape index (κ3) is 5.18. The Kier molecular flexibility index (Phi) is 7.15. The van der Waals surface area contributed by atoms with Gasteiger partial charge in [0.25, 0.3) is 5.91 Å². The Bertz CT molecular complexity index is 1360. The summed E-state index contributed by atoms with van der Waals surface area (Å²) in [5.74, 6) is 0.836. The zero-order valence-corrected chi connectivity index (χ0v) is 21.5. The van der Waals surface area contributed by atoms with Crippen molar-refractivity contribution < 1.29 is 19.1 Å². The maximum atomic E-state index is 13.9. The lowest BCUT2D eigenvalue weighted by molar-refractivity contribution is -0.125. The van der Waals surface area contributed by atoms with E-state index in [1.807, 2.05) is 68.4 Å². The van der Waals surface area contributed by atoms with Gasteiger partial charge in [-0.25, -0.2) is 0 Å². The highest BCUT2D eigenvalue weighted by Gasteiger charge is 2.35. The average Bonchev–Trinajstić information content (AvgIpc) is 3.35. The molecule has 2 unspecified atom stereocenters. The zero-order valence-electron chi connectivity index (χ0n) is 20.7. The molecule has 7 nitrogen and oxygen atoms in total. The minimum atomic E-state index is -0.631. The number of benzene rings is 3. The highest BCUT2D eigenvalue weighted by atomic mass is 35.5. The fourth-order valence-corrected chi connectivity index (χ4v) is 4.68. The number of anilines is 1. The number of hydrogen-bond donors (Lipinski definition) is 1. The number of nitrogens with one attached hydrogen (secondary N) is 1. The van der Waals surface area contributed by atoms with Crippen LogP contribution in [0.1, 0.15) is 37.0 Å². The predicted octanol–water partition coefficient (Wildman–Crippen LogP) is 4.98. The number of fused-ring (bicyclic) bond motifs is 2. The SMILES string of the molecule is CCC(C)C1N=C(c2ccccc2)c2cc(Cl)ccc2N(CC(=O)NCc2ccc3c(c2)OCO3)C1=O. The van der Waals surface area contributed by atoms with Crippen LogP contribution in [0.25, 0.3) is 0 Å². The van der Waals surface area contributed by atoms with E-state index in [1.165, 1.54) is 4.90 Å². The second-order valence-corrected chi connectivity index (χ2v) is 9.66. The Hall–Kier alpha value is -3.84. The van der Waals surface area contributed by atoms with Crippen LogP contribution in [0.2, 0.25) is 5.02 Å². The molecule has 3 aromatic carbocycles. The lowest BCUT2D eigenvalue weighted by Crippen LogP contribution is -2.46. The number of rotatable bonds is 7. The van der Waals surface area contributed by atoms with E-state index in [1.54, 1.807) is 12.1 Å². The third-order valence-electron chi connectivity index (χ3n) is 6.75. The maximum absolute atomic E-state index is 13.9. The molecular formula is C29H28ClN3O4. The van der Waals surface area contributed by atoms with Gasteiger partial charge in [-0.3, -0.25) is 14.6 Å². The molecular weight excluding hydrogens is 490 g/mol. The van der Waals surface area contributed by atoms with Gasteiger partial charge in [0.1, 0.15) is 12.6 Å². The molecule has 190 valence electrons. The predicted molar refractivity (Wildman–Crippen MR) is 144 cm³/mol. The second-order valence-electron chi connectivity index (χ2n) is 9.22. The van der Waals surface area contributed by atoms with E-state index in [9.17, 15) is 9.59 Å². The molecule has 0 fully saturated rings. The molecule has 8 heteroatoms. The van der Waals surface area contributed by atoms with Crippen molar-refractivity contribution >= 4 is 34.8 Å². The first-order valence-corrected chi connectivity index (χ1v) is 12.7. The van der Waals surface area contributed by atoms with E-state index in [4.69, 9.17) is 26.1 Å². The highest BCUT2D eigenvalue weighted by Crippen LogP contribution is 2.34. The van der Waals surface area contributed by atoms with Gasteiger partial charge >= 0.3 is 0 Å². The molecule has 2 atom stereocenters. The summed E-state index contributed by atoms with van der Waals surface area (Å²) in [5, 5.41) is 3.46. The van der Waals surface area contributed by atoms with Crippen molar-refractivity contribution in [3.05, 3.63) is 88.4 Å². The van der Waals surface area contributed by atoms with Crippen LogP contribution >= 0.6 is 11.6 Å². The van der Waals surface area contributed by atoms with Crippen LogP contribution in [0.5, 0.6) is 11.5 Å². The van der Waals surface area contributed by atoms with E-state index in [0.717, 1.165) is 23.1 Å².